The van der Waals surface area contributed by atoms with Gasteiger partial charge in [-0.25, -0.2) is 0 Å². The van der Waals surface area contributed by atoms with E-state index in [9.17, 15) is 24.8 Å². The zero-order chi connectivity index (χ0) is 25.6. The Bertz CT molecular complexity index is 1570. The number of aromatic amines is 1. The van der Waals surface area contributed by atoms with E-state index in [0.717, 1.165) is 28.6 Å². The Hall–Kier alpha value is -4.72. The second-order valence-corrected chi connectivity index (χ2v) is 8.71. The zero-order valence-corrected chi connectivity index (χ0v) is 19.7. The molecule has 1 saturated heterocycles. The quantitative estimate of drug-likeness (QED) is 0.127. The predicted molar refractivity (Wildman–Crippen MR) is 137 cm³/mol. The normalized spacial score (nSPS) is 17.2. The number of H-pyrrole nitrogens is 1. The molecule has 0 spiro atoms. The predicted octanol–water partition coefficient (Wildman–Crippen LogP) is 5.57. The maximum absolute atomic E-state index is 13.4. The van der Waals surface area contributed by atoms with Gasteiger partial charge in [-0.2, -0.15) is 0 Å². The van der Waals surface area contributed by atoms with Crippen molar-refractivity contribution in [2.24, 2.45) is 0 Å². The first kappa shape index (κ1) is 23.0. The van der Waals surface area contributed by atoms with E-state index in [-0.39, 0.29) is 16.8 Å². The number of nitro groups is 1. The number of ketones is 1. The molecule has 4 aromatic rings. The van der Waals surface area contributed by atoms with E-state index in [2.05, 4.69) is 4.98 Å². The van der Waals surface area contributed by atoms with Crippen LogP contribution in [0.4, 0.5) is 11.4 Å². The number of fused-ring (bicyclic) bond motifs is 1. The Balaban J connectivity index is 1.79. The van der Waals surface area contributed by atoms with Crippen molar-refractivity contribution < 1.29 is 19.6 Å². The summed E-state index contributed by atoms with van der Waals surface area (Å²) in [4.78, 5) is 42.3. The third-order valence-electron chi connectivity index (χ3n) is 6.61. The van der Waals surface area contributed by atoms with Crippen molar-refractivity contribution in [3.05, 3.63) is 111 Å². The van der Waals surface area contributed by atoms with Gasteiger partial charge in [-0.05, 0) is 37.1 Å². The fourth-order valence-electron chi connectivity index (χ4n) is 4.84. The van der Waals surface area contributed by atoms with Crippen LogP contribution in [0.25, 0.3) is 16.7 Å². The summed E-state index contributed by atoms with van der Waals surface area (Å²) in [6.45, 7) is 3.87. The third kappa shape index (κ3) is 3.63. The van der Waals surface area contributed by atoms with Gasteiger partial charge in [0, 0.05) is 45.5 Å². The molecule has 2 N–H and O–H groups in total. The van der Waals surface area contributed by atoms with E-state index in [0.29, 0.717) is 11.3 Å². The molecule has 1 aromatic heterocycles. The number of hydrogen-bond acceptors (Lipinski definition) is 5. The zero-order valence-electron chi connectivity index (χ0n) is 19.7. The molecule has 0 aliphatic carbocycles. The highest BCUT2D eigenvalue weighted by Crippen LogP contribution is 2.45. The number of hydrogen-bond donors (Lipinski definition) is 2. The molecule has 1 aliphatic rings. The molecular formula is C28H23N3O5. The number of anilines is 1. The number of nitrogens with zero attached hydrogens (tertiary/aromatic N) is 2. The number of non-ortho nitro benzene ring substituents is 1. The van der Waals surface area contributed by atoms with Crippen LogP contribution in [-0.2, 0) is 16.0 Å². The van der Waals surface area contributed by atoms with E-state index in [1.54, 1.807) is 12.1 Å². The highest BCUT2D eigenvalue weighted by Gasteiger charge is 2.48. The Morgan fingerprint density at radius 2 is 1.78 bits per heavy atom. The molecule has 180 valence electrons. The first-order chi connectivity index (χ1) is 17.3. The number of aryl methyl sites for hydroxylation is 2. The number of para-hydroxylation sites is 1. The van der Waals surface area contributed by atoms with E-state index >= 15 is 0 Å². The van der Waals surface area contributed by atoms with Gasteiger partial charge in [-0.3, -0.25) is 24.6 Å². The molecule has 8 heteroatoms. The number of aliphatic hydroxyl groups excluding tert-OH is 1. The van der Waals surface area contributed by atoms with Crippen LogP contribution >= 0.6 is 0 Å². The standard InChI is InChI=1S/C28H23N3O5/c1-3-17-11-13-19(14-12-17)30-25(23-16(2)29-22-10-5-4-9-21(22)23)24(27(33)28(30)34)26(32)18-7-6-8-20(15-18)31(35)36/h4-15,25,29,32H,3H2,1-2H3/b26-24+. The number of carbonyl (C=O) groups is 2. The maximum Gasteiger partial charge on any atom is 0.300 e. The number of amides is 1. The summed E-state index contributed by atoms with van der Waals surface area (Å²) >= 11 is 0. The number of benzene rings is 3. The molecule has 1 amide bonds. The molecule has 1 atom stereocenters. The largest absolute Gasteiger partial charge is 0.507 e. The molecule has 0 bridgehead atoms. The van der Waals surface area contributed by atoms with E-state index in [4.69, 9.17) is 0 Å². The van der Waals surface area contributed by atoms with Gasteiger partial charge in [-0.1, -0.05) is 49.4 Å². The van der Waals surface area contributed by atoms with Crippen molar-refractivity contribution in [2.45, 2.75) is 26.3 Å². The second-order valence-electron chi connectivity index (χ2n) is 8.71. The average molecular weight is 482 g/mol. The minimum absolute atomic E-state index is 0.0889. The second kappa shape index (κ2) is 8.81. The van der Waals surface area contributed by atoms with Crippen molar-refractivity contribution in [2.75, 3.05) is 4.90 Å². The molecule has 1 fully saturated rings. The topological polar surface area (TPSA) is 117 Å². The first-order valence-corrected chi connectivity index (χ1v) is 11.5. The molecule has 5 rings (SSSR count). The van der Waals surface area contributed by atoms with Gasteiger partial charge in [0.2, 0.25) is 0 Å². The van der Waals surface area contributed by atoms with Crippen LogP contribution in [0.3, 0.4) is 0 Å². The van der Waals surface area contributed by atoms with Crippen LogP contribution in [-0.4, -0.2) is 26.7 Å². The van der Waals surface area contributed by atoms with Crippen LogP contribution in [0.15, 0.2) is 78.4 Å². The number of carbonyl (C=O) groups excluding carboxylic acids is 2. The van der Waals surface area contributed by atoms with Crippen molar-refractivity contribution in [1.82, 2.24) is 4.98 Å². The number of nitrogens with one attached hydrogen (secondary N) is 1. The highest BCUT2D eigenvalue weighted by molar-refractivity contribution is 6.52. The maximum atomic E-state index is 13.4. The first-order valence-electron chi connectivity index (χ1n) is 11.5. The summed E-state index contributed by atoms with van der Waals surface area (Å²) in [5, 5.41) is 23.5. The van der Waals surface area contributed by atoms with Crippen molar-refractivity contribution in [1.29, 1.82) is 0 Å². The molecule has 36 heavy (non-hydrogen) atoms. The summed E-state index contributed by atoms with van der Waals surface area (Å²) < 4.78 is 0. The summed E-state index contributed by atoms with van der Waals surface area (Å²) in [6, 6.07) is 19.4. The lowest BCUT2D eigenvalue weighted by Crippen LogP contribution is -2.29. The number of aliphatic hydroxyl groups is 1. The average Bonchev–Trinajstić information content (AvgIpc) is 3.35. The Labute approximate surface area is 206 Å². The Kier molecular flexibility index (Phi) is 5.64. The summed E-state index contributed by atoms with van der Waals surface area (Å²) in [6.07, 6.45) is 0.816. The molecule has 1 aliphatic heterocycles. The SMILES string of the molecule is CCc1ccc(N2C(=O)C(=O)/C(=C(/O)c3cccc([N+](=O)[O-])c3)C2c2c(C)[nH]c3ccccc23)cc1. The minimum atomic E-state index is -0.937. The lowest BCUT2D eigenvalue weighted by molar-refractivity contribution is -0.384. The number of nitro benzene ring substituents is 1. The van der Waals surface area contributed by atoms with Crippen LogP contribution in [0.5, 0.6) is 0 Å². The lowest BCUT2D eigenvalue weighted by atomic mass is 9.93. The third-order valence-corrected chi connectivity index (χ3v) is 6.61. The summed E-state index contributed by atoms with van der Waals surface area (Å²) in [5.74, 6) is -2.09. The molecule has 8 nitrogen and oxygen atoms in total. The van der Waals surface area contributed by atoms with Gasteiger partial charge in [0.1, 0.15) is 5.76 Å². The van der Waals surface area contributed by atoms with Crippen molar-refractivity contribution >= 4 is 39.7 Å². The van der Waals surface area contributed by atoms with Crippen molar-refractivity contribution in [3.63, 3.8) is 0 Å². The highest BCUT2D eigenvalue weighted by atomic mass is 16.6. The monoisotopic (exact) mass is 481 g/mol. The smallest absolute Gasteiger partial charge is 0.300 e. The van der Waals surface area contributed by atoms with Gasteiger partial charge in [0.25, 0.3) is 17.4 Å². The van der Waals surface area contributed by atoms with Gasteiger partial charge >= 0.3 is 0 Å². The molecule has 1 unspecified atom stereocenters. The van der Waals surface area contributed by atoms with Gasteiger partial charge in [0.15, 0.2) is 0 Å². The van der Waals surface area contributed by atoms with E-state index in [1.165, 1.54) is 29.2 Å². The minimum Gasteiger partial charge on any atom is -0.507 e. The van der Waals surface area contributed by atoms with Gasteiger partial charge < -0.3 is 10.1 Å². The molecule has 2 heterocycles. The molecule has 3 aromatic carbocycles. The van der Waals surface area contributed by atoms with E-state index < -0.39 is 28.4 Å². The van der Waals surface area contributed by atoms with E-state index in [1.807, 2.05) is 50.2 Å². The number of rotatable bonds is 5. The van der Waals surface area contributed by atoms with Gasteiger partial charge in [0.05, 0.1) is 16.5 Å². The molecule has 0 radical (unpaired) electrons. The van der Waals surface area contributed by atoms with Crippen LogP contribution in [0, 0.1) is 17.0 Å². The van der Waals surface area contributed by atoms with Crippen LogP contribution in [0.2, 0.25) is 0 Å². The lowest BCUT2D eigenvalue weighted by Gasteiger charge is -2.26. The Morgan fingerprint density at radius 1 is 1.06 bits per heavy atom. The fraction of sp³-hybridized carbons (Fsp3) is 0.143. The fourth-order valence-corrected chi connectivity index (χ4v) is 4.84. The van der Waals surface area contributed by atoms with Gasteiger partial charge in [-0.15, -0.1) is 0 Å². The molecular weight excluding hydrogens is 458 g/mol. The molecule has 0 saturated carbocycles. The van der Waals surface area contributed by atoms with Crippen LogP contribution < -0.4 is 4.90 Å². The van der Waals surface area contributed by atoms with Crippen molar-refractivity contribution in [3.8, 4) is 0 Å². The number of aromatic nitrogens is 1. The summed E-state index contributed by atoms with van der Waals surface area (Å²) in [7, 11) is 0. The van der Waals surface area contributed by atoms with Crippen LogP contribution in [0.1, 0.15) is 35.3 Å². The Morgan fingerprint density at radius 3 is 2.47 bits per heavy atom. The summed E-state index contributed by atoms with van der Waals surface area (Å²) in [5.41, 5.74) is 3.57. The number of Topliss-reactive ketones (excluding diaryl/α,β-unsaturated/α-hetero) is 1.